The van der Waals surface area contributed by atoms with Crippen molar-refractivity contribution in [1.29, 1.82) is 0 Å². The highest BCUT2D eigenvalue weighted by atomic mass is 35.5. The minimum Gasteiger partial charge on any atom is -0.318 e. The first kappa shape index (κ1) is 4.27. The number of hydrogen-bond acceptors (Lipinski definition) is 3. The van der Waals surface area contributed by atoms with E-state index in [0.29, 0.717) is 0 Å². The predicted octanol–water partition coefficient (Wildman–Crippen LogP) is 0.788. The van der Waals surface area contributed by atoms with Crippen LogP contribution < -0.4 is 4.72 Å². The van der Waals surface area contributed by atoms with Crippen molar-refractivity contribution in [3.05, 3.63) is 0 Å². The quantitative estimate of drug-likeness (QED) is 0.292. The molecule has 0 aromatic carbocycles. The first-order chi connectivity index (χ1) is 2.89. The molecule has 1 aliphatic rings. The average molecular weight is 123 g/mol. The van der Waals surface area contributed by atoms with Gasteiger partial charge in [-0.05, 0) is 11.9 Å². The van der Waals surface area contributed by atoms with Crippen LogP contribution in [0.4, 0.5) is 0 Å². The van der Waals surface area contributed by atoms with Crippen LogP contribution in [0.5, 0.6) is 0 Å². The predicted molar refractivity (Wildman–Crippen MR) is 28.9 cm³/mol. The molecule has 6 heavy (non-hydrogen) atoms. The van der Waals surface area contributed by atoms with Gasteiger partial charge in [0.15, 0.2) is 4.83 Å². The number of nitrogens with zero attached hydrogens (tertiary/aromatic N) is 1. The Morgan fingerprint density at radius 1 is 2.00 bits per heavy atom. The number of hydrogen-bond donors (Lipinski definition) is 1. The second kappa shape index (κ2) is 1.71. The SMILES string of the molecule is ClC1N=CNS1. The topological polar surface area (TPSA) is 24.4 Å². The zero-order chi connectivity index (χ0) is 4.41. The van der Waals surface area contributed by atoms with Crippen LogP contribution in [0.1, 0.15) is 0 Å². The van der Waals surface area contributed by atoms with Gasteiger partial charge in [-0.1, -0.05) is 11.6 Å². The molecule has 1 rings (SSSR count). The summed E-state index contributed by atoms with van der Waals surface area (Å²) in [6.45, 7) is 0. The normalized spacial score (nSPS) is 30.5. The molecular weight excluding hydrogens is 120 g/mol. The highest BCUT2D eigenvalue weighted by Crippen LogP contribution is 2.14. The highest BCUT2D eigenvalue weighted by Gasteiger charge is 2.02. The largest absolute Gasteiger partial charge is 0.318 e. The van der Waals surface area contributed by atoms with Crippen molar-refractivity contribution < 1.29 is 0 Å². The van der Waals surface area contributed by atoms with Crippen LogP contribution in [0, 0.1) is 0 Å². The van der Waals surface area contributed by atoms with Gasteiger partial charge >= 0.3 is 0 Å². The summed E-state index contributed by atoms with van der Waals surface area (Å²) in [6, 6.07) is 0. The Hall–Kier alpha value is 0.110. The zero-order valence-electron chi connectivity index (χ0n) is 2.89. The Morgan fingerprint density at radius 3 is 3.00 bits per heavy atom. The maximum absolute atomic E-state index is 5.41. The number of aliphatic imine (C=N–C) groups is 1. The van der Waals surface area contributed by atoms with Gasteiger partial charge in [-0.25, -0.2) is 4.99 Å². The lowest BCUT2D eigenvalue weighted by atomic mass is 11.3. The zero-order valence-corrected chi connectivity index (χ0v) is 4.46. The summed E-state index contributed by atoms with van der Waals surface area (Å²) in [5.41, 5.74) is 0. The molecule has 1 aliphatic heterocycles. The Kier molecular flexibility index (Phi) is 1.22. The van der Waals surface area contributed by atoms with Crippen LogP contribution in [0.25, 0.3) is 0 Å². The molecule has 0 amide bonds. The Bertz CT molecular complexity index is 73.9. The lowest BCUT2D eigenvalue weighted by Gasteiger charge is -1.85. The van der Waals surface area contributed by atoms with Gasteiger partial charge < -0.3 is 4.72 Å². The Balaban J connectivity index is 2.38. The first-order valence-corrected chi connectivity index (χ1v) is 2.78. The van der Waals surface area contributed by atoms with Gasteiger partial charge in [0.25, 0.3) is 0 Å². The summed E-state index contributed by atoms with van der Waals surface area (Å²) < 4.78 is 2.77. The van der Waals surface area contributed by atoms with Crippen molar-refractivity contribution in [2.24, 2.45) is 4.99 Å². The molecule has 1 N–H and O–H groups in total. The number of rotatable bonds is 0. The van der Waals surface area contributed by atoms with Gasteiger partial charge in [0.1, 0.15) is 0 Å². The molecule has 1 unspecified atom stereocenters. The Morgan fingerprint density at radius 2 is 2.83 bits per heavy atom. The lowest BCUT2D eigenvalue weighted by molar-refractivity contribution is 1.32. The molecule has 1 atom stereocenters. The highest BCUT2D eigenvalue weighted by molar-refractivity contribution is 7.99. The fraction of sp³-hybridized carbons (Fsp3) is 0.500. The smallest absolute Gasteiger partial charge is 0.189 e. The van der Waals surface area contributed by atoms with Crippen molar-refractivity contribution in [3.63, 3.8) is 0 Å². The Labute approximate surface area is 45.1 Å². The molecule has 2 nitrogen and oxygen atoms in total. The van der Waals surface area contributed by atoms with Crippen LogP contribution in [0.3, 0.4) is 0 Å². The maximum atomic E-state index is 5.41. The van der Waals surface area contributed by atoms with Crippen molar-refractivity contribution in [3.8, 4) is 0 Å². The summed E-state index contributed by atoms with van der Waals surface area (Å²) in [4.78, 5) is 3.62. The van der Waals surface area contributed by atoms with E-state index < -0.39 is 0 Å². The number of alkyl halides is 1. The fourth-order valence-corrected chi connectivity index (χ4v) is 0.772. The van der Waals surface area contributed by atoms with Gasteiger partial charge in [-0.3, -0.25) is 0 Å². The van der Waals surface area contributed by atoms with E-state index in [4.69, 9.17) is 11.6 Å². The van der Waals surface area contributed by atoms with Gasteiger partial charge in [0.2, 0.25) is 0 Å². The summed E-state index contributed by atoms with van der Waals surface area (Å²) >= 11 is 6.81. The van der Waals surface area contributed by atoms with E-state index in [0.717, 1.165) is 0 Å². The molecule has 4 heteroatoms. The minimum atomic E-state index is -0.106. The average Bonchev–Trinajstić information content (AvgIpc) is 1.86. The van der Waals surface area contributed by atoms with E-state index >= 15 is 0 Å². The van der Waals surface area contributed by atoms with Crippen LogP contribution in [-0.4, -0.2) is 11.2 Å². The van der Waals surface area contributed by atoms with E-state index in [2.05, 4.69) is 9.71 Å². The minimum absolute atomic E-state index is 0.106. The first-order valence-electron chi connectivity index (χ1n) is 1.46. The lowest BCUT2D eigenvalue weighted by Crippen LogP contribution is -1.89. The van der Waals surface area contributed by atoms with Gasteiger partial charge in [-0.15, -0.1) is 0 Å². The van der Waals surface area contributed by atoms with Crippen molar-refractivity contribution >= 4 is 29.9 Å². The molecule has 34 valence electrons. The van der Waals surface area contributed by atoms with Crippen molar-refractivity contribution in [1.82, 2.24) is 4.72 Å². The molecule has 0 saturated heterocycles. The van der Waals surface area contributed by atoms with E-state index in [1.165, 1.54) is 11.9 Å². The second-order valence-corrected chi connectivity index (χ2v) is 2.40. The monoisotopic (exact) mass is 122 g/mol. The van der Waals surface area contributed by atoms with E-state index in [-0.39, 0.29) is 4.83 Å². The number of halogens is 1. The van der Waals surface area contributed by atoms with E-state index in [1.807, 2.05) is 0 Å². The summed E-state index contributed by atoms with van der Waals surface area (Å²) in [5, 5.41) is 0. The second-order valence-electron chi connectivity index (χ2n) is 0.806. The van der Waals surface area contributed by atoms with Crippen LogP contribution >= 0.6 is 23.5 Å². The third-order valence-corrected chi connectivity index (χ3v) is 1.35. The molecule has 0 aromatic heterocycles. The van der Waals surface area contributed by atoms with Crippen LogP contribution in [0.2, 0.25) is 0 Å². The molecule has 1 heterocycles. The van der Waals surface area contributed by atoms with Crippen molar-refractivity contribution in [2.45, 2.75) is 4.83 Å². The molecule has 0 bridgehead atoms. The van der Waals surface area contributed by atoms with Crippen LogP contribution in [0.15, 0.2) is 4.99 Å². The van der Waals surface area contributed by atoms with Gasteiger partial charge in [0, 0.05) is 0 Å². The molecule has 0 aliphatic carbocycles. The van der Waals surface area contributed by atoms with Gasteiger partial charge in [-0.2, -0.15) is 0 Å². The molecule has 0 saturated carbocycles. The van der Waals surface area contributed by atoms with E-state index in [1.54, 1.807) is 6.34 Å². The molecular formula is C2H3ClN2S. The third kappa shape index (κ3) is 0.786. The van der Waals surface area contributed by atoms with Gasteiger partial charge in [0.05, 0.1) is 6.34 Å². The standard InChI is InChI=1S/C2H3ClN2S/c3-2-4-1-5-6-2/h1-2H,(H,4,5). The molecule has 0 spiro atoms. The summed E-state index contributed by atoms with van der Waals surface area (Å²) in [5.74, 6) is 0. The third-order valence-electron chi connectivity index (χ3n) is 0.410. The summed E-state index contributed by atoms with van der Waals surface area (Å²) in [7, 11) is 0. The molecule has 0 fully saturated rings. The number of nitrogens with one attached hydrogen (secondary N) is 1. The summed E-state index contributed by atoms with van der Waals surface area (Å²) in [6.07, 6.45) is 1.59. The van der Waals surface area contributed by atoms with Crippen LogP contribution in [-0.2, 0) is 0 Å². The maximum Gasteiger partial charge on any atom is 0.189 e. The molecule has 0 aromatic rings. The fourth-order valence-electron chi connectivity index (χ4n) is 0.206. The van der Waals surface area contributed by atoms with E-state index in [9.17, 15) is 0 Å². The molecule has 0 radical (unpaired) electrons. The van der Waals surface area contributed by atoms with Crippen molar-refractivity contribution in [2.75, 3.05) is 0 Å².